The minimum Gasteiger partial charge on any atom is -0.468 e. The van der Waals surface area contributed by atoms with Crippen LogP contribution in [0.5, 0.6) is 5.88 Å². The number of halogens is 3. The lowest BCUT2D eigenvalue weighted by Gasteiger charge is -2.26. The van der Waals surface area contributed by atoms with E-state index in [-0.39, 0.29) is 24.2 Å². The Morgan fingerprint density at radius 1 is 1.35 bits per heavy atom. The molecule has 0 spiro atoms. The highest BCUT2D eigenvalue weighted by Gasteiger charge is 2.29. The first-order valence-electron chi connectivity index (χ1n) is 10.5. The van der Waals surface area contributed by atoms with Crippen LogP contribution in [0.1, 0.15) is 24.1 Å². The second-order valence-electron chi connectivity index (χ2n) is 7.41. The molecule has 1 aromatic rings. The summed E-state index contributed by atoms with van der Waals surface area (Å²) < 4.78 is 42.1. The molecule has 0 aromatic carbocycles. The lowest BCUT2D eigenvalue weighted by Crippen LogP contribution is -2.27. The van der Waals surface area contributed by atoms with Gasteiger partial charge in [-0.15, -0.1) is 0 Å². The number of nitrogens with zero attached hydrogens (tertiary/aromatic N) is 3. The third-order valence-corrected chi connectivity index (χ3v) is 4.83. The van der Waals surface area contributed by atoms with Gasteiger partial charge in [0.15, 0.2) is 12.4 Å². The number of likely N-dealkylation sites (N-methyl/N-ethyl adjacent to an activating group) is 1. The average molecular weight is 477 g/mol. The SMILES string of the molecule is C=CC(/C=C\N=C)=C(\CN(C)C(C)c1cnc(OCC(F)(F)F)c(C)c1)C(=O)/C=C\C=C/CN. The highest BCUT2D eigenvalue weighted by Crippen LogP contribution is 2.26. The Morgan fingerprint density at radius 3 is 2.62 bits per heavy atom. The van der Waals surface area contributed by atoms with Crippen LogP contribution in [-0.2, 0) is 4.79 Å². The molecule has 1 aromatic heterocycles. The van der Waals surface area contributed by atoms with Crippen molar-refractivity contribution in [1.82, 2.24) is 9.88 Å². The molecule has 0 aliphatic rings. The Morgan fingerprint density at radius 2 is 2.06 bits per heavy atom. The molecule has 0 fully saturated rings. The van der Waals surface area contributed by atoms with E-state index in [4.69, 9.17) is 10.5 Å². The van der Waals surface area contributed by atoms with Gasteiger partial charge in [-0.3, -0.25) is 14.7 Å². The van der Waals surface area contributed by atoms with E-state index in [9.17, 15) is 18.0 Å². The zero-order chi connectivity index (χ0) is 25.7. The number of pyridine rings is 1. The number of alkyl halides is 3. The van der Waals surface area contributed by atoms with Crippen LogP contribution in [0, 0.1) is 6.92 Å². The van der Waals surface area contributed by atoms with Gasteiger partial charge in [-0.1, -0.05) is 30.9 Å². The Hall–Kier alpha value is -3.30. The van der Waals surface area contributed by atoms with Crippen molar-refractivity contribution in [2.24, 2.45) is 10.7 Å². The topological polar surface area (TPSA) is 80.8 Å². The Labute approximate surface area is 198 Å². The summed E-state index contributed by atoms with van der Waals surface area (Å²) in [6, 6.07) is 1.51. The summed E-state index contributed by atoms with van der Waals surface area (Å²) in [7, 11) is 1.83. The maximum atomic E-state index is 12.9. The van der Waals surface area contributed by atoms with Gasteiger partial charge in [-0.05, 0) is 57.0 Å². The molecule has 0 saturated heterocycles. The van der Waals surface area contributed by atoms with E-state index >= 15 is 0 Å². The van der Waals surface area contributed by atoms with Crippen molar-refractivity contribution in [3.05, 3.63) is 83.8 Å². The van der Waals surface area contributed by atoms with Gasteiger partial charge >= 0.3 is 6.18 Å². The van der Waals surface area contributed by atoms with Crippen LogP contribution in [0.3, 0.4) is 0 Å². The summed E-state index contributed by atoms with van der Waals surface area (Å²) in [6.07, 6.45) is 8.17. The van der Waals surface area contributed by atoms with E-state index in [2.05, 4.69) is 23.3 Å². The fourth-order valence-corrected chi connectivity index (χ4v) is 2.89. The fraction of sp³-hybridized carbons (Fsp3) is 0.320. The molecular formula is C25H31F3N4O2. The van der Waals surface area contributed by atoms with Gasteiger partial charge in [0, 0.05) is 42.7 Å². The molecule has 0 bridgehead atoms. The first-order valence-corrected chi connectivity index (χ1v) is 10.5. The van der Waals surface area contributed by atoms with Crippen LogP contribution >= 0.6 is 0 Å². The third kappa shape index (κ3) is 9.68. The number of hydrogen-bond donors (Lipinski definition) is 1. The second-order valence-corrected chi connectivity index (χ2v) is 7.41. The monoisotopic (exact) mass is 476 g/mol. The molecule has 1 atom stereocenters. The van der Waals surface area contributed by atoms with E-state index in [1.807, 2.05) is 18.9 Å². The van der Waals surface area contributed by atoms with E-state index in [0.717, 1.165) is 5.56 Å². The molecule has 1 heterocycles. The lowest BCUT2D eigenvalue weighted by atomic mass is 10.0. The van der Waals surface area contributed by atoms with Crippen LogP contribution in [0.2, 0.25) is 0 Å². The summed E-state index contributed by atoms with van der Waals surface area (Å²) in [5.74, 6) is -0.284. The maximum Gasteiger partial charge on any atom is 0.422 e. The summed E-state index contributed by atoms with van der Waals surface area (Å²) in [5.41, 5.74) is 7.73. The van der Waals surface area contributed by atoms with Crippen molar-refractivity contribution in [2.45, 2.75) is 26.1 Å². The number of ketones is 1. The van der Waals surface area contributed by atoms with Gasteiger partial charge in [0.25, 0.3) is 0 Å². The summed E-state index contributed by atoms with van der Waals surface area (Å²) in [5, 5.41) is 0. The van der Waals surface area contributed by atoms with Crippen LogP contribution in [0.25, 0.3) is 0 Å². The Balaban J connectivity index is 3.16. The zero-order valence-corrected chi connectivity index (χ0v) is 19.7. The number of allylic oxidation sites excluding steroid dienone is 6. The predicted octanol–water partition coefficient (Wildman–Crippen LogP) is 4.66. The van der Waals surface area contributed by atoms with Crippen molar-refractivity contribution >= 4 is 12.5 Å². The number of rotatable bonds is 13. The number of aliphatic imine (C=N–C) groups is 1. The van der Waals surface area contributed by atoms with Crippen molar-refractivity contribution in [1.29, 1.82) is 0 Å². The van der Waals surface area contributed by atoms with Gasteiger partial charge in [0.05, 0.1) is 0 Å². The van der Waals surface area contributed by atoms with E-state index in [1.54, 1.807) is 43.4 Å². The normalized spacial score (nSPS) is 14.1. The van der Waals surface area contributed by atoms with Crippen LogP contribution in [0.4, 0.5) is 13.2 Å². The predicted molar refractivity (Wildman–Crippen MR) is 130 cm³/mol. The highest BCUT2D eigenvalue weighted by molar-refractivity contribution is 6.05. The minimum atomic E-state index is -4.44. The van der Waals surface area contributed by atoms with Gasteiger partial charge in [0.2, 0.25) is 5.88 Å². The van der Waals surface area contributed by atoms with E-state index in [1.165, 1.54) is 18.5 Å². The lowest BCUT2D eigenvalue weighted by molar-refractivity contribution is -0.154. The van der Waals surface area contributed by atoms with Gasteiger partial charge < -0.3 is 10.5 Å². The van der Waals surface area contributed by atoms with Gasteiger partial charge in [0.1, 0.15) is 0 Å². The highest BCUT2D eigenvalue weighted by atomic mass is 19.4. The molecule has 0 amide bonds. The van der Waals surface area contributed by atoms with Crippen molar-refractivity contribution in [2.75, 3.05) is 26.7 Å². The van der Waals surface area contributed by atoms with Crippen molar-refractivity contribution in [3.8, 4) is 5.88 Å². The molecule has 0 aliphatic heterocycles. The number of hydrogen-bond acceptors (Lipinski definition) is 6. The molecule has 2 N–H and O–H groups in total. The molecule has 6 nitrogen and oxygen atoms in total. The first kappa shape index (κ1) is 28.7. The van der Waals surface area contributed by atoms with Gasteiger partial charge in [-0.25, -0.2) is 4.98 Å². The molecule has 9 heteroatoms. The van der Waals surface area contributed by atoms with Crippen LogP contribution < -0.4 is 10.5 Å². The molecular weight excluding hydrogens is 445 g/mol. The first-order chi connectivity index (χ1) is 16.0. The number of aromatic nitrogens is 1. The number of carbonyl (C=O) groups is 1. The van der Waals surface area contributed by atoms with Crippen LogP contribution in [0.15, 0.2) is 77.6 Å². The zero-order valence-electron chi connectivity index (χ0n) is 19.7. The number of nitrogens with two attached hydrogens (primary N) is 1. The molecule has 34 heavy (non-hydrogen) atoms. The third-order valence-electron chi connectivity index (χ3n) is 4.83. The number of ether oxygens (including phenoxy) is 1. The summed E-state index contributed by atoms with van der Waals surface area (Å²) >= 11 is 0. The molecule has 0 aliphatic carbocycles. The summed E-state index contributed by atoms with van der Waals surface area (Å²) in [6.45, 7) is 9.96. The largest absolute Gasteiger partial charge is 0.468 e. The molecule has 0 radical (unpaired) electrons. The summed E-state index contributed by atoms with van der Waals surface area (Å²) in [4.78, 5) is 22.6. The maximum absolute atomic E-state index is 12.9. The molecule has 1 rings (SSSR count). The minimum absolute atomic E-state index is 0.0710. The second kappa shape index (κ2) is 14.1. The van der Waals surface area contributed by atoms with E-state index in [0.29, 0.717) is 23.3 Å². The molecule has 1 unspecified atom stereocenters. The van der Waals surface area contributed by atoms with Crippen molar-refractivity contribution < 1.29 is 22.7 Å². The number of carbonyl (C=O) groups excluding carboxylic acids is 1. The Bertz CT molecular complexity index is 979. The molecule has 0 saturated carbocycles. The van der Waals surface area contributed by atoms with E-state index < -0.39 is 12.8 Å². The fourth-order valence-electron chi connectivity index (χ4n) is 2.89. The molecule has 184 valence electrons. The van der Waals surface area contributed by atoms with Gasteiger partial charge in [-0.2, -0.15) is 13.2 Å². The Kier molecular flexibility index (Phi) is 11.9. The smallest absolute Gasteiger partial charge is 0.422 e. The van der Waals surface area contributed by atoms with Crippen molar-refractivity contribution in [3.63, 3.8) is 0 Å². The van der Waals surface area contributed by atoms with Crippen LogP contribution in [-0.4, -0.2) is 55.3 Å². The number of aryl methyl sites for hydroxylation is 1. The average Bonchev–Trinajstić information content (AvgIpc) is 2.79. The quantitative estimate of drug-likeness (QED) is 0.254. The standard InChI is InChI=1S/C25H31F3N4O2/c1-6-20(11-13-30-4)22(23(33)10-8-7-9-12-29)16-32(5)19(3)21-14-18(2)24(31-15-21)34-17-25(26,27)28/h6-11,13-15,19H,1,4,12,16-17,29H2,2-3,5H3/b9-7-,10-8-,13-11-,22-20-.